The molecule has 1 aliphatic rings. The molecule has 1 fully saturated rings. The summed E-state index contributed by atoms with van der Waals surface area (Å²) >= 11 is 0. The molecule has 2 rings (SSSR count). The van der Waals surface area contributed by atoms with Crippen LogP contribution in [0.15, 0.2) is 17.0 Å². The van der Waals surface area contributed by atoms with Gasteiger partial charge in [0.15, 0.2) is 11.6 Å². The van der Waals surface area contributed by atoms with Gasteiger partial charge in [-0.1, -0.05) is 6.42 Å². The molecule has 0 amide bonds. The van der Waals surface area contributed by atoms with E-state index in [1.807, 2.05) is 0 Å². The van der Waals surface area contributed by atoms with Gasteiger partial charge in [0.05, 0.1) is 0 Å². The van der Waals surface area contributed by atoms with Gasteiger partial charge in [-0.25, -0.2) is 21.5 Å². The van der Waals surface area contributed by atoms with Crippen LogP contribution in [0.2, 0.25) is 0 Å². The summed E-state index contributed by atoms with van der Waals surface area (Å²) < 4.78 is 52.3. The second kappa shape index (κ2) is 5.05. The Labute approximate surface area is 111 Å². The van der Waals surface area contributed by atoms with E-state index in [4.69, 9.17) is 5.73 Å². The van der Waals surface area contributed by atoms with E-state index in [0.717, 1.165) is 35.7 Å². The van der Waals surface area contributed by atoms with Gasteiger partial charge in [0, 0.05) is 19.3 Å². The molecule has 1 aromatic rings. The Morgan fingerprint density at radius 3 is 2.53 bits per heavy atom. The van der Waals surface area contributed by atoms with Crippen LogP contribution in [-0.4, -0.2) is 26.3 Å². The molecule has 0 aliphatic heterocycles. The van der Waals surface area contributed by atoms with E-state index in [-0.39, 0.29) is 5.69 Å². The van der Waals surface area contributed by atoms with Crippen LogP contribution in [0, 0.1) is 17.6 Å². The first-order valence-corrected chi connectivity index (χ1v) is 7.47. The number of nitrogens with zero attached hydrogens (tertiary/aromatic N) is 1. The van der Waals surface area contributed by atoms with Crippen molar-refractivity contribution in [2.24, 2.45) is 5.92 Å². The molecular formula is C12H16F2N2O2S. The Kier molecular flexibility index (Phi) is 3.78. The Hall–Kier alpha value is -1.21. The fraction of sp³-hybridized carbons (Fsp3) is 0.500. The molecule has 0 unspecified atom stereocenters. The highest BCUT2D eigenvalue weighted by Crippen LogP contribution is 2.29. The number of sulfonamides is 1. The summed E-state index contributed by atoms with van der Waals surface area (Å²) in [7, 11) is -2.68. The van der Waals surface area contributed by atoms with Crippen molar-refractivity contribution in [3.05, 3.63) is 23.8 Å². The molecule has 19 heavy (non-hydrogen) atoms. The van der Waals surface area contributed by atoms with Gasteiger partial charge in [0.2, 0.25) is 10.0 Å². The summed E-state index contributed by atoms with van der Waals surface area (Å²) in [6, 6.07) is 1.71. The number of hydrogen-bond acceptors (Lipinski definition) is 3. The number of hydrogen-bond donors (Lipinski definition) is 1. The summed E-state index contributed by atoms with van der Waals surface area (Å²) in [5.41, 5.74) is 5.26. The zero-order chi connectivity index (χ0) is 14.2. The van der Waals surface area contributed by atoms with E-state index in [0.29, 0.717) is 12.5 Å². The minimum atomic E-state index is -4.05. The number of halogens is 2. The number of rotatable bonds is 4. The molecule has 1 saturated carbocycles. The number of anilines is 1. The predicted molar refractivity (Wildman–Crippen MR) is 67.9 cm³/mol. The highest BCUT2D eigenvalue weighted by atomic mass is 32.2. The number of nitrogens with two attached hydrogens (primary N) is 1. The Bertz CT molecular complexity index is 586. The van der Waals surface area contributed by atoms with Crippen molar-refractivity contribution < 1.29 is 17.2 Å². The zero-order valence-electron chi connectivity index (χ0n) is 10.6. The maximum Gasteiger partial charge on any atom is 0.245 e. The lowest BCUT2D eigenvalue weighted by atomic mass is 9.86. The van der Waals surface area contributed by atoms with E-state index >= 15 is 0 Å². The molecule has 1 aromatic carbocycles. The maximum absolute atomic E-state index is 13.6. The van der Waals surface area contributed by atoms with Crippen LogP contribution in [0.1, 0.15) is 19.3 Å². The molecule has 0 bridgehead atoms. The van der Waals surface area contributed by atoms with Crippen LogP contribution < -0.4 is 5.73 Å². The normalized spacial score (nSPS) is 16.6. The third kappa shape index (κ3) is 2.71. The molecule has 2 N–H and O–H groups in total. The molecule has 1 aliphatic carbocycles. The second-order valence-corrected chi connectivity index (χ2v) is 6.91. The van der Waals surface area contributed by atoms with E-state index in [1.54, 1.807) is 0 Å². The monoisotopic (exact) mass is 290 g/mol. The van der Waals surface area contributed by atoms with Crippen LogP contribution in [0.3, 0.4) is 0 Å². The molecule has 0 aromatic heterocycles. The summed E-state index contributed by atoms with van der Waals surface area (Å²) in [5.74, 6) is -2.33. The maximum atomic E-state index is 13.6. The second-order valence-electron chi connectivity index (χ2n) is 4.90. The fourth-order valence-electron chi connectivity index (χ4n) is 2.08. The summed E-state index contributed by atoms with van der Waals surface area (Å²) in [5, 5.41) is 0. The first-order valence-electron chi connectivity index (χ1n) is 6.03. The Morgan fingerprint density at radius 1 is 1.37 bits per heavy atom. The molecule has 0 saturated heterocycles. The molecule has 0 atom stereocenters. The van der Waals surface area contributed by atoms with Crippen LogP contribution in [-0.2, 0) is 10.0 Å². The molecule has 0 radical (unpaired) electrons. The van der Waals surface area contributed by atoms with E-state index in [9.17, 15) is 17.2 Å². The third-order valence-electron chi connectivity index (χ3n) is 3.45. The van der Waals surface area contributed by atoms with Crippen molar-refractivity contribution in [2.75, 3.05) is 19.3 Å². The third-order valence-corrected chi connectivity index (χ3v) is 5.27. The van der Waals surface area contributed by atoms with Crippen LogP contribution >= 0.6 is 0 Å². The van der Waals surface area contributed by atoms with Crippen molar-refractivity contribution >= 4 is 15.7 Å². The van der Waals surface area contributed by atoms with Crippen molar-refractivity contribution in [3.8, 4) is 0 Å². The van der Waals surface area contributed by atoms with Crippen LogP contribution in [0.4, 0.5) is 14.5 Å². The minimum Gasteiger partial charge on any atom is -0.399 e. The Balaban J connectivity index is 2.32. The quantitative estimate of drug-likeness (QED) is 0.862. The minimum absolute atomic E-state index is 0.116. The summed E-state index contributed by atoms with van der Waals surface area (Å²) in [4.78, 5) is -0.702. The zero-order valence-corrected chi connectivity index (χ0v) is 11.4. The van der Waals surface area contributed by atoms with E-state index < -0.39 is 26.6 Å². The number of benzene rings is 1. The highest BCUT2D eigenvalue weighted by Gasteiger charge is 2.30. The molecule has 0 heterocycles. The van der Waals surface area contributed by atoms with Crippen molar-refractivity contribution in [1.29, 1.82) is 0 Å². The lowest BCUT2D eigenvalue weighted by molar-refractivity contribution is 0.262. The van der Waals surface area contributed by atoms with Crippen molar-refractivity contribution in [1.82, 2.24) is 4.31 Å². The standard InChI is InChI=1S/C12H16F2N2O2S/c1-16(7-8-3-2-4-8)19(17,18)11-6-9(15)5-10(13)12(11)14/h5-6,8H,2-4,7,15H2,1H3. The molecular weight excluding hydrogens is 274 g/mol. The first kappa shape index (κ1) is 14.2. The number of nitrogen functional groups attached to an aromatic ring is 1. The SMILES string of the molecule is CN(CC1CCC1)S(=O)(=O)c1cc(N)cc(F)c1F. The van der Waals surface area contributed by atoms with Crippen LogP contribution in [0.25, 0.3) is 0 Å². The van der Waals surface area contributed by atoms with Crippen molar-refractivity contribution in [3.63, 3.8) is 0 Å². The van der Waals surface area contributed by atoms with Gasteiger partial charge in [0.1, 0.15) is 4.90 Å². The average molecular weight is 290 g/mol. The largest absolute Gasteiger partial charge is 0.399 e. The highest BCUT2D eigenvalue weighted by molar-refractivity contribution is 7.89. The molecule has 0 spiro atoms. The van der Waals surface area contributed by atoms with Gasteiger partial charge in [0.25, 0.3) is 0 Å². The van der Waals surface area contributed by atoms with Gasteiger partial charge in [-0.2, -0.15) is 0 Å². The van der Waals surface area contributed by atoms with Gasteiger partial charge < -0.3 is 5.73 Å². The first-order chi connectivity index (χ1) is 8.82. The summed E-state index contributed by atoms with van der Waals surface area (Å²) in [6.45, 7) is 0.318. The van der Waals surface area contributed by atoms with Gasteiger partial charge in [-0.3, -0.25) is 0 Å². The average Bonchev–Trinajstić information content (AvgIpc) is 2.27. The van der Waals surface area contributed by atoms with Crippen LogP contribution in [0.5, 0.6) is 0 Å². The van der Waals surface area contributed by atoms with E-state index in [1.165, 1.54) is 7.05 Å². The predicted octanol–water partition coefficient (Wildman–Crippen LogP) is 1.97. The van der Waals surface area contributed by atoms with Crippen molar-refractivity contribution in [2.45, 2.75) is 24.2 Å². The smallest absolute Gasteiger partial charge is 0.245 e. The van der Waals surface area contributed by atoms with Gasteiger partial charge in [-0.15, -0.1) is 0 Å². The Morgan fingerprint density at radius 2 is 2.00 bits per heavy atom. The lowest BCUT2D eigenvalue weighted by Crippen LogP contribution is -2.34. The molecule has 106 valence electrons. The van der Waals surface area contributed by atoms with Gasteiger partial charge in [-0.05, 0) is 30.9 Å². The molecule has 7 heteroatoms. The summed E-state index contributed by atoms with van der Waals surface area (Å²) in [6.07, 6.45) is 3.01. The lowest BCUT2D eigenvalue weighted by Gasteiger charge is -2.29. The topological polar surface area (TPSA) is 63.4 Å². The fourth-order valence-corrected chi connectivity index (χ4v) is 3.43. The van der Waals surface area contributed by atoms with Gasteiger partial charge >= 0.3 is 0 Å². The molecule has 4 nitrogen and oxygen atoms in total. The van der Waals surface area contributed by atoms with E-state index in [2.05, 4.69) is 0 Å².